The Labute approximate surface area is 125 Å². The Balaban J connectivity index is 2.40. The third kappa shape index (κ3) is 3.40. The van der Waals surface area contributed by atoms with Gasteiger partial charge in [-0.3, -0.25) is 0 Å². The molecule has 3 N–H and O–H groups in total. The number of nitrogen functional groups attached to an aromatic ring is 1. The van der Waals surface area contributed by atoms with Gasteiger partial charge in [0.05, 0.1) is 0 Å². The molecule has 0 saturated carbocycles. The molecule has 0 radical (unpaired) electrons. The molecule has 2 heterocycles. The van der Waals surface area contributed by atoms with E-state index in [0.29, 0.717) is 17.6 Å². The quantitative estimate of drug-likeness (QED) is 0.618. The third-order valence-electron chi connectivity index (χ3n) is 2.76. The number of nitrogens with zero attached hydrogens (tertiary/aromatic N) is 2. The molecule has 1 aromatic rings. The number of nitrogens with one attached hydrogen (secondary N) is 1. The van der Waals surface area contributed by atoms with Crippen molar-refractivity contribution in [1.82, 2.24) is 9.29 Å². The number of hydrogen-bond donors (Lipinski definition) is 2. The first-order chi connectivity index (χ1) is 9.05. The molecular weight excluding hydrogens is 352 g/mol. The van der Waals surface area contributed by atoms with E-state index in [0.717, 1.165) is 17.9 Å². The van der Waals surface area contributed by atoms with Crippen LogP contribution < -0.4 is 11.3 Å². The van der Waals surface area contributed by atoms with E-state index >= 15 is 0 Å². The van der Waals surface area contributed by atoms with Crippen LogP contribution in [0, 0.1) is 0 Å². The second kappa shape index (κ2) is 6.40. The van der Waals surface area contributed by atoms with E-state index in [1.807, 2.05) is 0 Å². The first kappa shape index (κ1) is 15.0. The molecule has 0 atom stereocenters. The van der Waals surface area contributed by atoms with Crippen LogP contribution in [-0.2, 0) is 10.0 Å². The molecule has 1 fully saturated rings. The summed E-state index contributed by atoms with van der Waals surface area (Å²) in [6.45, 7) is 1.05. The largest absolute Gasteiger partial charge is 0.307 e. The van der Waals surface area contributed by atoms with Gasteiger partial charge in [0.2, 0.25) is 10.0 Å². The number of hydrazine groups is 1. The van der Waals surface area contributed by atoms with Crippen LogP contribution in [0.5, 0.6) is 0 Å². The molecular formula is C10H15BrN4O2S2. The van der Waals surface area contributed by atoms with Gasteiger partial charge in [-0.1, -0.05) is 0 Å². The summed E-state index contributed by atoms with van der Waals surface area (Å²) < 4.78 is 27.4. The van der Waals surface area contributed by atoms with Gasteiger partial charge in [0.25, 0.3) is 0 Å². The molecule has 0 aromatic carbocycles. The molecule has 1 aliphatic rings. The van der Waals surface area contributed by atoms with Crippen molar-refractivity contribution in [2.75, 3.05) is 30.0 Å². The lowest BCUT2D eigenvalue weighted by molar-refractivity contribution is 0.435. The Morgan fingerprint density at radius 1 is 1.42 bits per heavy atom. The summed E-state index contributed by atoms with van der Waals surface area (Å²) in [7, 11) is -3.57. The Bertz CT molecular complexity index is 544. The van der Waals surface area contributed by atoms with E-state index in [9.17, 15) is 8.42 Å². The highest BCUT2D eigenvalue weighted by atomic mass is 79.9. The maximum absolute atomic E-state index is 12.6. The first-order valence-corrected chi connectivity index (χ1v) is 9.14. The van der Waals surface area contributed by atoms with Crippen LogP contribution in [0.25, 0.3) is 0 Å². The molecule has 106 valence electrons. The van der Waals surface area contributed by atoms with Crippen molar-refractivity contribution < 1.29 is 8.42 Å². The van der Waals surface area contributed by atoms with Crippen LogP contribution in [0.2, 0.25) is 0 Å². The van der Waals surface area contributed by atoms with Crippen molar-refractivity contribution >= 4 is 43.5 Å². The lowest BCUT2D eigenvalue weighted by atomic mass is 10.5. The summed E-state index contributed by atoms with van der Waals surface area (Å²) in [4.78, 5) is 4.09. The van der Waals surface area contributed by atoms with Gasteiger partial charge in [-0.2, -0.15) is 16.1 Å². The topological polar surface area (TPSA) is 88.3 Å². The molecule has 1 saturated heterocycles. The molecule has 9 heteroatoms. The Hall–Kier alpha value is -0.350. The standard InChI is InChI=1S/C10H15BrN4O2S2/c11-8-6-9(10(14-12)13-7-8)19(16,17)15-2-1-4-18-5-3-15/h6-7H,1-5,12H2,(H,13,14). The fraction of sp³-hybridized carbons (Fsp3) is 0.500. The first-order valence-electron chi connectivity index (χ1n) is 5.76. The van der Waals surface area contributed by atoms with Crippen molar-refractivity contribution in [1.29, 1.82) is 0 Å². The highest BCUT2D eigenvalue weighted by Gasteiger charge is 2.28. The minimum absolute atomic E-state index is 0.108. The lowest BCUT2D eigenvalue weighted by Crippen LogP contribution is -2.34. The number of aromatic nitrogens is 1. The van der Waals surface area contributed by atoms with Crippen molar-refractivity contribution in [3.05, 3.63) is 16.7 Å². The van der Waals surface area contributed by atoms with Gasteiger partial charge >= 0.3 is 0 Å². The minimum Gasteiger partial charge on any atom is -0.307 e. The van der Waals surface area contributed by atoms with Crippen molar-refractivity contribution in [3.63, 3.8) is 0 Å². The van der Waals surface area contributed by atoms with Crippen molar-refractivity contribution in [2.24, 2.45) is 5.84 Å². The van der Waals surface area contributed by atoms with Crippen LogP contribution in [0.3, 0.4) is 0 Å². The molecule has 0 aliphatic carbocycles. The zero-order chi connectivity index (χ0) is 13.9. The van der Waals surface area contributed by atoms with Gasteiger partial charge in [-0.05, 0) is 34.2 Å². The normalized spacial score (nSPS) is 18.0. The van der Waals surface area contributed by atoms with Gasteiger partial charge in [0, 0.05) is 29.5 Å². The van der Waals surface area contributed by atoms with E-state index in [1.165, 1.54) is 16.6 Å². The molecule has 1 aliphatic heterocycles. The van der Waals surface area contributed by atoms with Gasteiger partial charge in [0.15, 0.2) is 5.82 Å². The third-order valence-corrected chi connectivity index (χ3v) is 6.15. The van der Waals surface area contributed by atoms with Crippen LogP contribution in [0.1, 0.15) is 6.42 Å². The molecule has 0 unspecified atom stereocenters. The second-order valence-electron chi connectivity index (χ2n) is 4.01. The number of nitrogens with two attached hydrogens (primary N) is 1. The molecule has 0 spiro atoms. The molecule has 6 nitrogen and oxygen atoms in total. The van der Waals surface area contributed by atoms with E-state index in [-0.39, 0.29) is 10.7 Å². The van der Waals surface area contributed by atoms with Crippen LogP contribution in [-0.4, -0.2) is 42.3 Å². The van der Waals surface area contributed by atoms with E-state index in [1.54, 1.807) is 11.8 Å². The van der Waals surface area contributed by atoms with Gasteiger partial charge in [0.1, 0.15) is 4.90 Å². The summed E-state index contributed by atoms with van der Waals surface area (Å²) in [5.74, 6) is 7.31. The molecule has 2 rings (SSSR count). The Morgan fingerprint density at radius 2 is 2.21 bits per heavy atom. The maximum atomic E-state index is 12.6. The maximum Gasteiger partial charge on any atom is 0.246 e. The van der Waals surface area contributed by atoms with Crippen molar-refractivity contribution in [2.45, 2.75) is 11.3 Å². The minimum atomic E-state index is -3.57. The second-order valence-corrected chi connectivity index (χ2v) is 8.06. The molecule has 0 amide bonds. The van der Waals surface area contributed by atoms with E-state index in [4.69, 9.17) is 5.84 Å². The van der Waals surface area contributed by atoms with Crippen LogP contribution in [0.15, 0.2) is 21.6 Å². The zero-order valence-corrected chi connectivity index (χ0v) is 13.4. The Kier molecular flexibility index (Phi) is 5.07. The predicted octanol–water partition coefficient (Wildman–Crippen LogP) is 1.26. The molecule has 0 bridgehead atoms. The van der Waals surface area contributed by atoms with Crippen LogP contribution in [0.4, 0.5) is 5.82 Å². The number of hydrogen-bond acceptors (Lipinski definition) is 6. The van der Waals surface area contributed by atoms with E-state index < -0.39 is 10.0 Å². The number of pyridine rings is 1. The summed E-state index contributed by atoms with van der Waals surface area (Å²) in [5, 5.41) is 0. The molecule has 19 heavy (non-hydrogen) atoms. The number of sulfonamides is 1. The SMILES string of the molecule is NNc1ncc(Br)cc1S(=O)(=O)N1CCCSCC1. The van der Waals surface area contributed by atoms with E-state index in [2.05, 4.69) is 26.3 Å². The smallest absolute Gasteiger partial charge is 0.246 e. The summed E-state index contributed by atoms with van der Waals surface area (Å²) >= 11 is 5.01. The monoisotopic (exact) mass is 366 g/mol. The highest BCUT2D eigenvalue weighted by Crippen LogP contribution is 2.26. The molecule has 1 aromatic heterocycles. The number of rotatable bonds is 3. The highest BCUT2D eigenvalue weighted by molar-refractivity contribution is 9.10. The van der Waals surface area contributed by atoms with Crippen LogP contribution >= 0.6 is 27.7 Å². The zero-order valence-electron chi connectivity index (χ0n) is 10.2. The lowest BCUT2D eigenvalue weighted by Gasteiger charge is -2.20. The van der Waals surface area contributed by atoms with Crippen molar-refractivity contribution in [3.8, 4) is 0 Å². The average molecular weight is 367 g/mol. The number of thioether (sulfide) groups is 1. The predicted molar refractivity (Wildman–Crippen MR) is 80.4 cm³/mol. The number of halogens is 1. The average Bonchev–Trinajstić information content (AvgIpc) is 2.68. The number of anilines is 1. The fourth-order valence-electron chi connectivity index (χ4n) is 1.83. The summed E-state index contributed by atoms with van der Waals surface area (Å²) in [6.07, 6.45) is 2.36. The summed E-state index contributed by atoms with van der Waals surface area (Å²) in [6, 6.07) is 1.52. The van der Waals surface area contributed by atoms with Gasteiger partial charge in [-0.25, -0.2) is 19.2 Å². The Morgan fingerprint density at radius 3 is 2.95 bits per heavy atom. The van der Waals surface area contributed by atoms with Gasteiger partial charge in [-0.15, -0.1) is 0 Å². The van der Waals surface area contributed by atoms with Gasteiger partial charge < -0.3 is 5.43 Å². The fourth-order valence-corrected chi connectivity index (χ4v) is 4.92. The summed E-state index contributed by atoms with van der Waals surface area (Å²) in [5.41, 5.74) is 2.34.